The van der Waals surface area contributed by atoms with E-state index in [1.807, 2.05) is 31.2 Å². The van der Waals surface area contributed by atoms with Crippen LogP contribution in [0, 0.1) is 12.8 Å². The van der Waals surface area contributed by atoms with Crippen molar-refractivity contribution in [3.05, 3.63) is 35.4 Å². The largest absolute Gasteiger partial charge is 0.355 e. The molecular weight excluding hydrogens is 304 g/mol. The summed E-state index contributed by atoms with van der Waals surface area (Å²) in [7, 11) is 0. The van der Waals surface area contributed by atoms with E-state index in [-0.39, 0.29) is 17.7 Å². The van der Waals surface area contributed by atoms with Crippen molar-refractivity contribution in [2.45, 2.75) is 26.3 Å². The molecule has 0 aliphatic carbocycles. The standard InChI is InChI=1S/C18H28N4O2/c1-14-4-6-15(7-5-14)11-21-17(23)13-22-10-2-3-16(12-22)18(24)20-9-8-19/h4-7,16H,2-3,8-13,19H2,1H3,(H,20,24)(H,21,23). The van der Waals surface area contributed by atoms with E-state index >= 15 is 0 Å². The number of amides is 2. The first-order valence-electron chi connectivity index (χ1n) is 8.61. The SMILES string of the molecule is Cc1ccc(CNC(=O)CN2CCCC(C(=O)NCCN)C2)cc1. The van der Waals surface area contributed by atoms with Crippen molar-refractivity contribution in [2.24, 2.45) is 11.7 Å². The van der Waals surface area contributed by atoms with Gasteiger partial charge in [-0.25, -0.2) is 0 Å². The highest BCUT2D eigenvalue weighted by atomic mass is 16.2. The Labute approximate surface area is 143 Å². The predicted octanol–water partition coefficient (Wildman–Crippen LogP) is 0.398. The summed E-state index contributed by atoms with van der Waals surface area (Å²) in [5.74, 6) is -0.000923. The molecule has 0 spiro atoms. The first-order valence-corrected chi connectivity index (χ1v) is 8.61. The number of rotatable bonds is 7. The van der Waals surface area contributed by atoms with Gasteiger partial charge in [-0.15, -0.1) is 0 Å². The van der Waals surface area contributed by atoms with Gasteiger partial charge < -0.3 is 16.4 Å². The summed E-state index contributed by atoms with van der Waals surface area (Å²) < 4.78 is 0. The lowest BCUT2D eigenvalue weighted by molar-refractivity contribution is -0.128. The van der Waals surface area contributed by atoms with Gasteiger partial charge in [-0.3, -0.25) is 14.5 Å². The molecule has 1 aliphatic heterocycles. The first-order chi connectivity index (χ1) is 11.6. The lowest BCUT2D eigenvalue weighted by Crippen LogP contribution is -2.47. The zero-order chi connectivity index (χ0) is 17.4. The van der Waals surface area contributed by atoms with E-state index in [1.165, 1.54) is 5.56 Å². The van der Waals surface area contributed by atoms with Gasteiger partial charge in [-0.1, -0.05) is 29.8 Å². The number of benzene rings is 1. The van der Waals surface area contributed by atoms with E-state index in [2.05, 4.69) is 15.5 Å². The average molecular weight is 332 g/mol. The molecule has 132 valence electrons. The number of carbonyl (C=O) groups excluding carboxylic acids is 2. The molecule has 1 aliphatic rings. The van der Waals surface area contributed by atoms with Crippen molar-refractivity contribution < 1.29 is 9.59 Å². The Balaban J connectivity index is 1.74. The third-order valence-electron chi connectivity index (χ3n) is 4.30. The Bertz CT molecular complexity index is 544. The second kappa shape index (κ2) is 9.39. The Morgan fingerprint density at radius 1 is 1.25 bits per heavy atom. The maximum atomic E-state index is 12.1. The molecule has 1 unspecified atom stereocenters. The summed E-state index contributed by atoms with van der Waals surface area (Å²) in [5.41, 5.74) is 7.71. The zero-order valence-corrected chi connectivity index (χ0v) is 14.4. The topological polar surface area (TPSA) is 87.5 Å². The molecule has 1 heterocycles. The number of hydrogen-bond acceptors (Lipinski definition) is 4. The van der Waals surface area contributed by atoms with Crippen LogP contribution in [0.5, 0.6) is 0 Å². The molecule has 0 radical (unpaired) electrons. The molecule has 6 heteroatoms. The predicted molar refractivity (Wildman–Crippen MR) is 94.3 cm³/mol. The van der Waals surface area contributed by atoms with E-state index < -0.39 is 0 Å². The van der Waals surface area contributed by atoms with Crippen molar-refractivity contribution in [3.8, 4) is 0 Å². The van der Waals surface area contributed by atoms with E-state index in [9.17, 15) is 9.59 Å². The molecule has 0 saturated carbocycles. The maximum absolute atomic E-state index is 12.1. The quantitative estimate of drug-likeness (QED) is 0.674. The molecule has 1 fully saturated rings. The van der Waals surface area contributed by atoms with Crippen molar-refractivity contribution >= 4 is 11.8 Å². The Kier molecular flexibility index (Phi) is 7.21. The third-order valence-corrected chi connectivity index (χ3v) is 4.30. The minimum Gasteiger partial charge on any atom is -0.355 e. The van der Waals surface area contributed by atoms with Gasteiger partial charge in [0.25, 0.3) is 0 Å². The molecule has 0 bridgehead atoms. The molecule has 1 aromatic rings. The molecule has 6 nitrogen and oxygen atoms in total. The van der Waals surface area contributed by atoms with Crippen molar-refractivity contribution in [3.63, 3.8) is 0 Å². The van der Waals surface area contributed by atoms with Crippen LogP contribution in [0.3, 0.4) is 0 Å². The van der Waals surface area contributed by atoms with Crippen LogP contribution < -0.4 is 16.4 Å². The van der Waals surface area contributed by atoms with Crippen LogP contribution in [0.25, 0.3) is 0 Å². The first kappa shape index (κ1) is 18.4. The van der Waals surface area contributed by atoms with Crippen LogP contribution >= 0.6 is 0 Å². The highest BCUT2D eigenvalue weighted by Gasteiger charge is 2.26. The number of nitrogens with one attached hydrogen (secondary N) is 2. The number of carbonyl (C=O) groups is 2. The number of hydrogen-bond donors (Lipinski definition) is 3. The molecule has 1 aromatic carbocycles. The van der Waals surface area contributed by atoms with Crippen LogP contribution in [0.4, 0.5) is 0 Å². The lowest BCUT2D eigenvalue weighted by atomic mass is 9.97. The smallest absolute Gasteiger partial charge is 0.234 e. The van der Waals surface area contributed by atoms with Crippen molar-refractivity contribution in [2.75, 3.05) is 32.7 Å². The average Bonchev–Trinajstić information content (AvgIpc) is 2.59. The van der Waals surface area contributed by atoms with E-state index in [4.69, 9.17) is 5.73 Å². The summed E-state index contributed by atoms with van der Waals surface area (Å²) in [6.45, 7) is 5.36. The molecule has 1 atom stereocenters. The minimum absolute atomic E-state index is 0.00130. The monoisotopic (exact) mass is 332 g/mol. The van der Waals surface area contributed by atoms with Crippen LogP contribution in [-0.2, 0) is 16.1 Å². The van der Waals surface area contributed by atoms with Crippen molar-refractivity contribution in [1.82, 2.24) is 15.5 Å². The van der Waals surface area contributed by atoms with Gasteiger partial charge in [0.1, 0.15) is 0 Å². The van der Waals surface area contributed by atoms with E-state index in [0.717, 1.165) is 24.9 Å². The van der Waals surface area contributed by atoms with Gasteiger partial charge in [0.2, 0.25) is 11.8 Å². The second-order valence-corrected chi connectivity index (χ2v) is 6.42. The van der Waals surface area contributed by atoms with Gasteiger partial charge in [0.05, 0.1) is 12.5 Å². The number of aryl methyl sites for hydroxylation is 1. The van der Waals surface area contributed by atoms with Gasteiger partial charge in [0.15, 0.2) is 0 Å². The minimum atomic E-state index is -0.0461. The molecule has 2 rings (SSSR count). The Hall–Kier alpha value is -1.92. The maximum Gasteiger partial charge on any atom is 0.234 e. The van der Waals surface area contributed by atoms with E-state index in [1.54, 1.807) is 0 Å². The molecule has 1 saturated heterocycles. The molecule has 0 aromatic heterocycles. The number of nitrogens with zero attached hydrogens (tertiary/aromatic N) is 1. The van der Waals surface area contributed by atoms with Gasteiger partial charge in [0, 0.05) is 26.2 Å². The Morgan fingerprint density at radius 2 is 2.00 bits per heavy atom. The Morgan fingerprint density at radius 3 is 2.71 bits per heavy atom. The summed E-state index contributed by atoms with van der Waals surface area (Å²) >= 11 is 0. The fraction of sp³-hybridized carbons (Fsp3) is 0.556. The van der Waals surface area contributed by atoms with E-state index in [0.29, 0.717) is 32.7 Å². The summed E-state index contributed by atoms with van der Waals surface area (Å²) in [4.78, 5) is 26.2. The normalized spacial score (nSPS) is 18.2. The zero-order valence-electron chi connectivity index (χ0n) is 14.4. The molecule has 2 amide bonds. The number of likely N-dealkylation sites (tertiary alicyclic amines) is 1. The van der Waals surface area contributed by atoms with Crippen LogP contribution in [0.2, 0.25) is 0 Å². The van der Waals surface area contributed by atoms with Crippen LogP contribution in [0.1, 0.15) is 24.0 Å². The highest BCUT2D eigenvalue weighted by molar-refractivity contribution is 5.80. The molecule has 4 N–H and O–H groups in total. The molecular formula is C18H28N4O2. The third kappa shape index (κ3) is 5.94. The molecule has 24 heavy (non-hydrogen) atoms. The summed E-state index contributed by atoms with van der Waals surface area (Å²) in [6.07, 6.45) is 1.81. The second-order valence-electron chi connectivity index (χ2n) is 6.42. The van der Waals surface area contributed by atoms with Crippen LogP contribution in [-0.4, -0.2) is 49.4 Å². The van der Waals surface area contributed by atoms with Gasteiger partial charge >= 0.3 is 0 Å². The van der Waals surface area contributed by atoms with Crippen LogP contribution in [0.15, 0.2) is 24.3 Å². The fourth-order valence-electron chi connectivity index (χ4n) is 2.92. The summed E-state index contributed by atoms with van der Waals surface area (Å²) in [6, 6.07) is 8.12. The number of nitrogens with two attached hydrogens (primary N) is 1. The van der Waals surface area contributed by atoms with Gasteiger partial charge in [-0.2, -0.15) is 0 Å². The fourth-order valence-corrected chi connectivity index (χ4v) is 2.92. The lowest BCUT2D eigenvalue weighted by Gasteiger charge is -2.31. The van der Waals surface area contributed by atoms with Crippen molar-refractivity contribution in [1.29, 1.82) is 0 Å². The highest BCUT2D eigenvalue weighted by Crippen LogP contribution is 2.16. The van der Waals surface area contributed by atoms with Gasteiger partial charge in [-0.05, 0) is 31.9 Å². The number of piperidine rings is 1. The summed E-state index contributed by atoms with van der Waals surface area (Å²) in [5, 5.41) is 5.78.